The summed E-state index contributed by atoms with van der Waals surface area (Å²) in [7, 11) is -7.27. The minimum Gasteiger partial charge on any atom is -0.360 e. The van der Waals surface area contributed by atoms with Crippen LogP contribution in [0.25, 0.3) is 33.1 Å². The first-order valence-electron chi connectivity index (χ1n) is 14.4. The first-order chi connectivity index (χ1) is 19.8. The molecule has 4 aromatic rings. The van der Waals surface area contributed by atoms with Gasteiger partial charge >= 0.3 is 0 Å². The van der Waals surface area contributed by atoms with Gasteiger partial charge in [-0.2, -0.15) is 0 Å². The highest BCUT2D eigenvalue weighted by Crippen LogP contribution is 2.32. The van der Waals surface area contributed by atoms with E-state index in [0.29, 0.717) is 42.9 Å². The lowest BCUT2D eigenvalue weighted by molar-refractivity contribution is 0.233. The third-order valence-electron chi connectivity index (χ3n) is 8.14. The van der Waals surface area contributed by atoms with Crippen LogP contribution in [-0.2, 0) is 20.0 Å². The summed E-state index contributed by atoms with van der Waals surface area (Å²) >= 11 is 0. The average Bonchev–Trinajstić information content (AvgIpc) is 3.72. The lowest BCUT2D eigenvalue weighted by atomic mass is 10.1. The minimum atomic E-state index is -3.64. The summed E-state index contributed by atoms with van der Waals surface area (Å²) in [6.45, 7) is 6.27. The van der Waals surface area contributed by atoms with Crippen molar-refractivity contribution in [1.29, 1.82) is 0 Å². The summed E-state index contributed by atoms with van der Waals surface area (Å²) in [6.07, 6.45) is 7.73. The number of hydrogen-bond donors (Lipinski definition) is 4. The van der Waals surface area contributed by atoms with E-state index in [4.69, 9.17) is 0 Å². The molecule has 2 aliphatic heterocycles. The van der Waals surface area contributed by atoms with Crippen molar-refractivity contribution < 1.29 is 16.8 Å². The van der Waals surface area contributed by atoms with Gasteiger partial charge in [-0.1, -0.05) is 18.6 Å². The van der Waals surface area contributed by atoms with Crippen LogP contribution >= 0.6 is 0 Å². The molecule has 2 aromatic heterocycles. The van der Waals surface area contributed by atoms with Gasteiger partial charge in [-0.3, -0.25) is 0 Å². The topological polar surface area (TPSA) is 130 Å². The van der Waals surface area contributed by atoms with Gasteiger partial charge in [0, 0.05) is 65.8 Å². The molecule has 4 N–H and O–H groups in total. The van der Waals surface area contributed by atoms with E-state index in [0.717, 1.165) is 42.5 Å². The smallest absolute Gasteiger partial charge is 0.240 e. The quantitative estimate of drug-likeness (QED) is 0.210. The van der Waals surface area contributed by atoms with Crippen molar-refractivity contribution in [2.45, 2.75) is 41.9 Å². The number of fused-ring (bicyclic) bond motifs is 2. The Balaban J connectivity index is 1.16. The van der Waals surface area contributed by atoms with Crippen molar-refractivity contribution in [3.63, 3.8) is 0 Å². The Morgan fingerprint density at radius 1 is 0.732 bits per heavy atom. The van der Waals surface area contributed by atoms with Crippen LogP contribution in [-0.4, -0.2) is 89.0 Å². The molecule has 4 heterocycles. The first-order valence-corrected chi connectivity index (χ1v) is 17.4. The van der Waals surface area contributed by atoms with E-state index < -0.39 is 20.0 Å². The Bertz CT molecular complexity index is 1730. The number of nitrogens with one attached hydrogen (secondary N) is 4. The van der Waals surface area contributed by atoms with Crippen LogP contribution in [0.1, 0.15) is 32.1 Å². The van der Waals surface area contributed by atoms with E-state index in [9.17, 15) is 16.8 Å². The molecule has 10 nitrogen and oxygen atoms in total. The Morgan fingerprint density at radius 2 is 1.29 bits per heavy atom. The van der Waals surface area contributed by atoms with Gasteiger partial charge in [-0.15, -0.1) is 0 Å². The van der Waals surface area contributed by atoms with Crippen LogP contribution < -0.4 is 9.44 Å². The van der Waals surface area contributed by atoms with E-state index in [1.54, 1.807) is 36.4 Å². The third-order valence-corrected chi connectivity index (χ3v) is 11.1. The van der Waals surface area contributed by atoms with Crippen molar-refractivity contribution in [2.24, 2.45) is 0 Å². The molecular formula is C29H37N6O4S2. The summed E-state index contributed by atoms with van der Waals surface area (Å²) < 4.78 is 57.1. The number of nitrogens with zero attached hydrogens (tertiary/aromatic N) is 2. The Morgan fingerprint density at radius 3 is 1.93 bits per heavy atom. The standard InChI is InChI=1S/C29H37N6O4S2/c36-40(37,31-10-16-34-12-2-1-3-13-34)23-7-6-22-18-29(33-27(22)19-23)26-21-30-28-20-24(8-9-25(26)28)41(38,39)32-11-17-35-14-4-5-15-35/h6-9,19-21,30-33H,1-5,10-17H2. The lowest BCUT2D eigenvalue weighted by Gasteiger charge is -2.26. The monoisotopic (exact) mass is 597 g/mol. The van der Waals surface area contributed by atoms with Gasteiger partial charge in [0.25, 0.3) is 0 Å². The molecule has 0 unspecified atom stereocenters. The molecule has 0 bridgehead atoms. The molecule has 0 amide bonds. The van der Waals surface area contributed by atoms with E-state index >= 15 is 0 Å². The number of likely N-dealkylation sites (tertiary alicyclic amines) is 2. The molecule has 6 rings (SSSR count). The zero-order valence-corrected chi connectivity index (χ0v) is 24.7. The van der Waals surface area contributed by atoms with Crippen LogP contribution in [0.4, 0.5) is 0 Å². The number of rotatable bonds is 11. The van der Waals surface area contributed by atoms with Crippen molar-refractivity contribution in [3.8, 4) is 11.3 Å². The number of benzene rings is 2. The fourth-order valence-corrected chi connectivity index (χ4v) is 7.94. The molecule has 41 heavy (non-hydrogen) atoms. The van der Waals surface area contributed by atoms with Crippen LogP contribution in [0.3, 0.4) is 0 Å². The van der Waals surface area contributed by atoms with Gasteiger partial charge in [-0.25, -0.2) is 26.3 Å². The average molecular weight is 598 g/mol. The van der Waals surface area contributed by atoms with Crippen molar-refractivity contribution >= 4 is 41.9 Å². The van der Waals surface area contributed by atoms with Crippen LogP contribution in [0.5, 0.6) is 0 Å². The highest BCUT2D eigenvalue weighted by Gasteiger charge is 2.20. The molecule has 2 aromatic carbocycles. The lowest BCUT2D eigenvalue weighted by Crippen LogP contribution is -2.37. The minimum absolute atomic E-state index is 0.205. The van der Waals surface area contributed by atoms with Gasteiger partial charge < -0.3 is 19.8 Å². The second-order valence-corrected chi connectivity index (χ2v) is 14.5. The summed E-state index contributed by atoms with van der Waals surface area (Å²) in [5.41, 5.74) is 2.87. The van der Waals surface area contributed by atoms with Crippen molar-refractivity contribution in [1.82, 2.24) is 29.2 Å². The van der Waals surface area contributed by atoms with E-state index in [1.807, 2.05) is 6.20 Å². The van der Waals surface area contributed by atoms with Gasteiger partial charge in [-0.05, 0) is 76.1 Å². The third kappa shape index (κ3) is 6.37. The normalized spacial score (nSPS) is 17.7. The zero-order chi connectivity index (χ0) is 28.5. The molecule has 219 valence electrons. The molecule has 2 saturated heterocycles. The highest BCUT2D eigenvalue weighted by molar-refractivity contribution is 7.89. The van der Waals surface area contributed by atoms with Crippen LogP contribution in [0, 0.1) is 6.07 Å². The zero-order valence-electron chi connectivity index (χ0n) is 23.1. The molecule has 0 saturated carbocycles. The SMILES string of the molecule is O=S(=O)(NCCN1CCCCC1)c1ccc2[c]c(-c3c[nH]c4cc(S(=O)(=O)NCCN5CCCC5)ccc34)[nH]c2c1. The number of piperidine rings is 1. The van der Waals surface area contributed by atoms with Crippen LogP contribution in [0.15, 0.2) is 52.4 Å². The number of sulfonamides is 2. The van der Waals surface area contributed by atoms with Gasteiger partial charge in [0.15, 0.2) is 0 Å². The molecule has 2 aliphatic rings. The van der Waals surface area contributed by atoms with E-state index in [-0.39, 0.29) is 9.79 Å². The number of H-pyrrole nitrogens is 2. The number of aromatic nitrogens is 2. The molecule has 0 spiro atoms. The molecule has 2 fully saturated rings. The van der Waals surface area contributed by atoms with E-state index in [2.05, 4.69) is 35.3 Å². The maximum Gasteiger partial charge on any atom is 0.240 e. The maximum atomic E-state index is 13.0. The second-order valence-electron chi connectivity index (χ2n) is 11.0. The largest absolute Gasteiger partial charge is 0.360 e. The summed E-state index contributed by atoms with van der Waals surface area (Å²) in [5, 5.41) is 1.61. The molecule has 0 atom stereocenters. The fraction of sp³-hybridized carbons (Fsp3) is 0.448. The summed E-state index contributed by atoms with van der Waals surface area (Å²) in [5.74, 6) is 0. The second kappa shape index (κ2) is 11.9. The van der Waals surface area contributed by atoms with Gasteiger partial charge in [0.1, 0.15) is 0 Å². The Hall–Kier alpha value is -2.74. The first kappa shape index (κ1) is 28.4. The van der Waals surface area contributed by atoms with Crippen molar-refractivity contribution in [3.05, 3.63) is 48.7 Å². The van der Waals surface area contributed by atoms with Gasteiger partial charge in [0.05, 0.1) is 15.5 Å². The predicted octanol–water partition coefficient (Wildman–Crippen LogP) is 3.25. The van der Waals surface area contributed by atoms with Crippen molar-refractivity contribution in [2.75, 3.05) is 52.4 Å². The molecule has 1 radical (unpaired) electrons. The predicted molar refractivity (Wildman–Crippen MR) is 161 cm³/mol. The molecule has 12 heteroatoms. The van der Waals surface area contributed by atoms with Gasteiger partial charge in [0.2, 0.25) is 20.0 Å². The maximum absolute atomic E-state index is 13.0. The van der Waals surface area contributed by atoms with E-state index in [1.165, 1.54) is 32.1 Å². The highest BCUT2D eigenvalue weighted by atomic mass is 32.2. The summed E-state index contributed by atoms with van der Waals surface area (Å²) in [4.78, 5) is 11.5. The molecular weight excluding hydrogens is 560 g/mol. The molecule has 0 aliphatic carbocycles. The number of hydrogen-bond acceptors (Lipinski definition) is 6. The van der Waals surface area contributed by atoms with Crippen LogP contribution in [0.2, 0.25) is 0 Å². The fourth-order valence-electron chi connectivity index (χ4n) is 5.85. The number of aromatic amines is 2. The summed E-state index contributed by atoms with van der Waals surface area (Å²) in [6, 6.07) is 13.3. The Labute approximate surface area is 241 Å². The Kier molecular flexibility index (Phi) is 8.21.